The fourth-order valence-corrected chi connectivity index (χ4v) is 2.48. The van der Waals surface area contributed by atoms with E-state index in [9.17, 15) is 18.4 Å². The molecule has 1 aromatic carbocycles. The first-order valence-corrected chi connectivity index (χ1v) is 7.39. The fourth-order valence-electron chi connectivity index (χ4n) is 2.48. The van der Waals surface area contributed by atoms with Gasteiger partial charge in [0.25, 0.3) is 0 Å². The van der Waals surface area contributed by atoms with E-state index in [0.29, 0.717) is 13.1 Å². The van der Waals surface area contributed by atoms with Crippen molar-refractivity contribution in [2.75, 3.05) is 18.4 Å². The summed E-state index contributed by atoms with van der Waals surface area (Å²) in [6.45, 7) is 4.17. The highest BCUT2D eigenvalue weighted by atomic mass is 19.1. The second-order valence-electron chi connectivity index (χ2n) is 6.03. The first kappa shape index (κ1) is 16.4. The number of hydrogen-bond donors (Lipinski definition) is 1. The second-order valence-corrected chi connectivity index (χ2v) is 6.03. The quantitative estimate of drug-likeness (QED) is 0.873. The second kappa shape index (κ2) is 6.42. The van der Waals surface area contributed by atoms with Gasteiger partial charge in [0.15, 0.2) is 0 Å². The smallest absolute Gasteiger partial charge is 0.239 e. The van der Waals surface area contributed by atoms with Crippen molar-refractivity contribution in [3.05, 3.63) is 29.8 Å². The Morgan fingerprint density at radius 1 is 1.09 bits per heavy atom. The van der Waals surface area contributed by atoms with Gasteiger partial charge in [-0.15, -0.1) is 0 Å². The number of halogens is 2. The minimum Gasteiger partial charge on any atom is -0.342 e. The maximum absolute atomic E-state index is 13.6. The van der Waals surface area contributed by atoms with Crippen molar-refractivity contribution in [3.8, 4) is 0 Å². The lowest BCUT2D eigenvalue weighted by atomic mass is 9.89. The monoisotopic (exact) mass is 310 g/mol. The first-order chi connectivity index (χ1) is 10.3. The highest BCUT2D eigenvalue weighted by Crippen LogP contribution is 2.26. The van der Waals surface area contributed by atoms with Gasteiger partial charge in [-0.2, -0.15) is 0 Å². The third-order valence-corrected chi connectivity index (χ3v) is 3.95. The van der Waals surface area contributed by atoms with Gasteiger partial charge >= 0.3 is 0 Å². The Bertz CT molecular complexity index is 561. The van der Waals surface area contributed by atoms with Crippen LogP contribution in [-0.4, -0.2) is 29.8 Å². The molecule has 1 aliphatic rings. The van der Waals surface area contributed by atoms with E-state index in [1.54, 1.807) is 4.90 Å². The molecule has 2 amide bonds. The molecule has 0 spiro atoms. The molecule has 0 saturated carbocycles. The first-order valence-electron chi connectivity index (χ1n) is 7.39. The van der Waals surface area contributed by atoms with Crippen LogP contribution < -0.4 is 5.32 Å². The van der Waals surface area contributed by atoms with Gasteiger partial charge in [0.05, 0.1) is 0 Å². The number of amides is 2. The Labute approximate surface area is 128 Å². The summed E-state index contributed by atoms with van der Waals surface area (Å²) in [5.41, 5.74) is -1.90. The van der Waals surface area contributed by atoms with E-state index in [-0.39, 0.29) is 5.91 Å². The largest absolute Gasteiger partial charge is 0.342 e. The Kier molecular flexibility index (Phi) is 4.78. The number of para-hydroxylation sites is 1. The van der Waals surface area contributed by atoms with E-state index in [0.717, 1.165) is 31.4 Å². The number of nitrogens with one attached hydrogen (secondary N) is 1. The van der Waals surface area contributed by atoms with Crippen molar-refractivity contribution in [2.24, 2.45) is 5.41 Å². The predicted octanol–water partition coefficient (Wildman–Crippen LogP) is 2.94. The Hall–Kier alpha value is -1.98. The SMILES string of the molecule is CC(C)(C(=O)Nc1c(F)cccc1F)C(=O)N1CCCCC1. The van der Waals surface area contributed by atoms with Gasteiger partial charge in [0, 0.05) is 13.1 Å². The lowest BCUT2D eigenvalue weighted by molar-refractivity contribution is -0.147. The Balaban J connectivity index is 2.14. The van der Waals surface area contributed by atoms with Crippen molar-refractivity contribution in [1.29, 1.82) is 0 Å². The van der Waals surface area contributed by atoms with Gasteiger partial charge in [-0.25, -0.2) is 8.78 Å². The summed E-state index contributed by atoms with van der Waals surface area (Å²) in [6.07, 6.45) is 2.88. The minimum atomic E-state index is -1.38. The molecule has 0 unspecified atom stereocenters. The third kappa shape index (κ3) is 3.26. The van der Waals surface area contributed by atoms with Crippen molar-refractivity contribution in [3.63, 3.8) is 0 Å². The summed E-state index contributed by atoms with van der Waals surface area (Å²) in [5.74, 6) is -2.77. The summed E-state index contributed by atoms with van der Waals surface area (Å²) in [6, 6.07) is 3.32. The molecule has 6 heteroatoms. The fraction of sp³-hybridized carbons (Fsp3) is 0.500. The summed E-state index contributed by atoms with van der Waals surface area (Å²) in [7, 11) is 0. The van der Waals surface area contributed by atoms with E-state index in [1.807, 2.05) is 0 Å². The molecule has 1 aliphatic heterocycles. The zero-order chi connectivity index (χ0) is 16.3. The molecule has 22 heavy (non-hydrogen) atoms. The maximum atomic E-state index is 13.6. The number of piperidine rings is 1. The number of anilines is 1. The lowest BCUT2D eigenvalue weighted by Gasteiger charge is -2.33. The molecule has 120 valence electrons. The average molecular weight is 310 g/mol. The zero-order valence-corrected chi connectivity index (χ0v) is 12.8. The highest BCUT2D eigenvalue weighted by Gasteiger charge is 2.40. The Morgan fingerprint density at radius 3 is 2.18 bits per heavy atom. The van der Waals surface area contributed by atoms with Crippen LogP contribution in [0.4, 0.5) is 14.5 Å². The van der Waals surface area contributed by atoms with Crippen LogP contribution in [0.5, 0.6) is 0 Å². The maximum Gasteiger partial charge on any atom is 0.239 e. The van der Waals surface area contributed by atoms with Crippen molar-refractivity contribution < 1.29 is 18.4 Å². The molecular formula is C16H20F2N2O2. The molecule has 1 N–H and O–H groups in total. The van der Waals surface area contributed by atoms with Crippen LogP contribution in [-0.2, 0) is 9.59 Å². The number of carbonyl (C=O) groups is 2. The number of likely N-dealkylation sites (tertiary alicyclic amines) is 1. The van der Waals surface area contributed by atoms with Crippen LogP contribution >= 0.6 is 0 Å². The van der Waals surface area contributed by atoms with E-state index in [2.05, 4.69) is 5.32 Å². The van der Waals surface area contributed by atoms with Crippen LogP contribution in [0.3, 0.4) is 0 Å². The molecule has 1 heterocycles. The Morgan fingerprint density at radius 2 is 1.64 bits per heavy atom. The van der Waals surface area contributed by atoms with Gasteiger partial charge in [-0.05, 0) is 45.2 Å². The molecule has 0 aromatic heterocycles. The highest BCUT2D eigenvalue weighted by molar-refractivity contribution is 6.09. The number of hydrogen-bond acceptors (Lipinski definition) is 2. The standard InChI is InChI=1S/C16H20F2N2O2/c1-16(2,15(22)20-9-4-3-5-10-20)14(21)19-13-11(17)7-6-8-12(13)18/h6-8H,3-5,9-10H2,1-2H3,(H,19,21). The normalized spacial score (nSPS) is 15.5. The molecule has 1 aromatic rings. The topological polar surface area (TPSA) is 49.4 Å². The summed E-state index contributed by atoms with van der Waals surface area (Å²) in [5, 5.41) is 2.20. The number of nitrogens with zero attached hydrogens (tertiary/aromatic N) is 1. The molecule has 0 aliphatic carbocycles. The zero-order valence-electron chi connectivity index (χ0n) is 12.8. The van der Waals surface area contributed by atoms with Crippen LogP contribution in [0.25, 0.3) is 0 Å². The molecule has 2 rings (SSSR count). The van der Waals surface area contributed by atoms with Gasteiger partial charge in [0.2, 0.25) is 11.8 Å². The molecule has 0 radical (unpaired) electrons. The van der Waals surface area contributed by atoms with Gasteiger partial charge in [-0.1, -0.05) is 6.07 Å². The van der Waals surface area contributed by atoms with Gasteiger partial charge in [0.1, 0.15) is 22.7 Å². The molecule has 1 fully saturated rings. The van der Waals surface area contributed by atoms with E-state index >= 15 is 0 Å². The van der Waals surface area contributed by atoms with Crippen molar-refractivity contribution in [1.82, 2.24) is 4.90 Å². The van der Waals surface area contributed by atoms with E-state index in [4.69, 9.17) is 0 Å². The van der Waals surface area contributed by atoms with Crippen molar-refractivity contribution in [2.45, 2.75) is 33.1 Å². The summed E-state index contributed by atoms with van der Waals surface area (Å²) in [4.78, 5) is 26.5. The molecule has 0 bridgehead atoms. The number of rotatable bonds is 3. The lowest BCUT2D eigenvalue weighted by Crippen LogP contribution is -2.49. The molecular weight excluding hydrogens is 290 g/mol. The predicted molar refractivity (Wildman–Crippen MR) is 79.2 cm³/mol. The summed E-state index contributed by atoms with van der Waals surface area (Å²) < 4.78 is 27.2. The average Bonchev–Trinajstić information content (AvgIpc) is 2.51. The number of benzene rings is 1. The number of carbonyl (C=O) groups excluding carboxylic acids is 2. The van der Waals surface area contributed by atoms with E-state index < -0.39 is 28.6 Å². The van der Waals surface area contributed by atoms with Crippen LogP contribution in [0.15, 0.2) is 18.2 Å². The van der Waals surface area contributed by atoms with Crippen molar-refractivity contribution >= 4 is 17.5 Å². The summed E-state index contributed by atoms with van der Waals surface area (Å²) >= 11 is 0. The van der Waals surface area contributed by atoms with Gasteiger partial charge in [-0.3, -0.25) is 9.59 Å². The van der Waals surface area contributed by atoms with Gasteiger partial charge < -0.3 is 10.2 Å². The third-order valence-electron chi connectivity index (χ3n) is 3.95. The molecule has 1 saturated heterocycles. The van der Waals surface area contributed by atoms with Crippen LogP contribution in [0.2, 0.25) is 0 Å². The minimum absolute atomic E-state index is 0.318. The van der Waals surface area contributed by atoms with Crippen LogP contribution in [0.1, 0.15) is 33.1 Å². The van der Waals surface area contributed by atoms with Crippen LogP contribution in [0, 0.1) is 17.0 Å². The molecule has 0 atom stereocenters. The van der Waals surface area contributed by atoms with E-state index in [1.165, 1.54) is 19.9 Å². The molecule has 4 nitrogen and oxygen atoms in total.